The van der Waals surface area contributed by atoms with Crippen molar-refractivity contribution in [2.75, 3.05) is 47.6 Å². The number of nitrogens with one attached hydrogen (secondary N) is 2. The molecule has 0 fully saturated rings. The van der Waals surface area contributed by atoms with Gasteiger partial charge in [-0.15, -0.1) is 0 Å². The van der Waals surface area contributed by atoms with E-state index in [1.54, 1.807) is 7.11 Å². The van der Waals surface area contributed by atoms with Gasteiger partial charge in [0.25, 0.3) is 5.91 Å². The fourth-order valence-corrected chi connectivity index (χ4v) is 1.69. The smallest absolute Gasteiger partial charge is 0.254 e. The Morgan fingerprint density at radius 1 is 1.10 bits per heavy atom. The van der Waals surface area contributed by atoms with Gasteiger partial charge in [-0.05, 0) is 6.07 Å². The van der Waals surface area contributed by atoms with Crippen molar-refractivity contribution in [3.63, 3.8) is 0 Å². The topological polar surface area (TPSA) is 68.8 Å². The minimum absolute atomic E-state index is 0.0791. The van der Waals surface area contributed by atoms with Crippen molar-refractivity contribution in [2.45, 2.75) is 0 Å². The lowest BCUT2D eigenvalue weighted by atomic mass is 10.1. The van der Waals surface area contributed by atoms with Crippen LogP contribution in [0, 0.1) is 5.82 Å². The minimum Gasteiger partial charge on any atom is -0.493 e. The summed E-state index contributed by atoms with van der Waals surface area (Å²) >= 11 is 0. The van der Waals surface area contributed by atoms with E-state index in [4.69, 9.17) is 14.2 Å². The van der Waals surface area contributed by atoms with Crippen molar-refractivity contribution in [3.8, 4) is 11.5 Å². The van der Waals surface area contributed by atoms with Gasteiger partial charge >= 0.3 is 0 Å². The van der Waals surface area contributed by atoms with E-state index in [-0.39, 0.29) is 11.3 Å². The third kappa shape index (κ3) is 5.20. The summed E-state index contributed by atoms with van der Waals surface area (Å²) in [6.07, 6.45) is 0. The lowest BCUT2D eigenvalue weighted by Crippen LogP contribution is -2.33. The van der Waals surface area contributed by atoms with Crippen LogP contribution in [0.3, 0.4) is 0 Å². The average molecular weight is 300 g/mol. The quantitative estimate of drug-likeness (QED) is 0.661. The van der Waals surface area contributed by atoms with Crippen LogP contribution in [0.1, 0.15) is 10.4 Å². The van der Waals surface area contributed by atoms with E-state index in [9.17, 15) is 9.18 Å². The summed E-state index contributed by atoms with van der Waals surface area (Å²) in [5.41, 5.74) is -0.0791. The molecule has 0 radical (unpaired) electrons. The largest absolute Gasteiger partial charge is 0.493 e. The molecule has 0 atom stereocenters. The Labute approximate surface area is 123 Å². The van der Waals surface area contributed by atoms with E-state index in [0.717, 1.165) is 6.07 Å². The maximum absolute atomic E-state index is 13.9. The van der Waals surface area contributed by atoms with E-state index in [1.807, 2.05) is 0 Å². The Morgan fingerprint density at radius 3 is 2.38 bits per heavy atom. The van der Waals surface area contributed by atoms with Crippen LogP contribution in [0.5, 0.6) is 11.5 Å². The molecule has 0 bridgehead atoms. The monoisotopic (exact) mass is 300 g/mol. The highest BCUT2D eigenvalue weighted by Gasteiger charge is 2.16. The van der Waals surface area contributed by atoms with Crippen LogP contribution in [0.25, 0.3) is 0 Å². The maximum Gasteiger partial charge on any atom is 0.254 e. The second-order valence-corrected chi connectivity index (χ2v) is 4.19. The summed E-state index contributed by atoms with van der Waals surface area (Å²) in [4.78, 5) is 11.9. The van der Waals surface area contributed by atoms with Crippen LogP contribution in [0.4, 0.5) is 4.39 Å². The van der Waals surface area contributed by atoms with Crippen molar-refractivity contribution in [1.82, 2.24) is 10.6 Å². The molecule has 1 aromatic carbocycles. The first kappa shape index (κ1) is 17.2. The lowest BCUT2D eigenvalue weighted by Gasteiger charge is -2.11. The summed E-state index contributed by atoms with van der Waals surface area (Å²) in [5, 5.41) is 5.70. The molecule has 118 valence electrons. The maximum atomic E-state index is 13.9. The molecule has 7 heteroatoms. The van der Waals surface area contributed by atoms with E-state index in [2.05, 4.69) is 10.6 Å². The SMILES string of the molecule is COCCNCCNC(=O)c1cc(OC)c(OC)cc1F. The number of halogens is 1. The normalized spacial score (nSPS) is 10.3. The van der Waals surface area contributed by atoms with E-state index in [0.29, 0.717) is 32.0 Å². The fourth-order valence-electron chi connectivity index (χ4n) is 1.69. The Balaban J connectivity index is 2.57. The van der Waals surface area contributed by atoms with Crippen molar-refractivity contribution in [2.24, 2.45) is 0 Å². The van der Waals surface area contributed by atoms with Crippen LogP contribution in [0.2, 0.25) is 0 Å². The Kier molecular flexibility index (Phi) is 7.49. The molecule has 0 aliphatic carbocycles. The van der Waals surface area contributed by atoms with Gasteiger partial charge in [0.05, 0.1) is 26.4 Å². The number of amides is 1. The number of carbonyl (C=O) groups excluding carboxylic acids is 1. The highest BCUT2D eigenvalue weighted by Crippen LogP contribution is 2.29. The molecular weight excluding hydrogens is 279 g/mol. The lowest BCUT2D eigenvalue weighted by molar-refractivity contribution is 0.0949. The molecule has 0 unspecified atom stereocenters. The van der Waals surface area contributed by atoms with Crippen LogP contribution in [-0.4, -0.2) is 53.5 Å². The predicted octanol–water partition coefficient (Wildman–Crippen LogP) is 0.809. The summed E-state index contributed by atoms with van der Waals surface area (Å²) in [6.45, 7) is 2.25. The molecule has 1 aromatic rings. The third-order valence-electron chi connectivity index (χ3n) is 2.79. The van der Waals surface area contributed by atoms with Gasteiger partial charge in [0.1, 0.15) is 5.82 Å². The summed E-state index contributed by atoms with van der Waals surface area (Å²) in [7, 11) is 4.45. The highest BCUT2D eigenvalue weighted by molar-refractivity contribution is 5.95. The van der Waals surface area contributed by atoms with Gasteiger partial charge in [-0.2, -0.15) is 0 Å². The number of rotatable bonds is 9. The highest BCUT2D eigenvalue weighted by atomic mass is 19.1. The first-order chi connectivity index (χ1) is 10.1. The summed E-state index contributed by atoms with van der Waals surface area (Å²) < 4.78 is 28.8. The first-order valence-electron chi connectivity index (χ1n) is 6.53. The van der Waals surface area contributed by atoms with Crippen LogP contribution in [-0.2, 0) is 4.74 Å². The zero-order chi connectivity index (χ0) is 15.7. The molecular formula is C14H21FN2O4. The number of ether oxygens (including phenoxy) is 3. The number of hydrogen-bond donors (Lipinski definition) is 2. The van der Waals surface area contributed by atoms with Crippen molar-refractivity contribution < 1.29 is 23.4 Å². The Hall–Kier alpha value is -1.86. The van der Waals surface area contributed by atoms with Gasteiger partial charge in [0.2, 0.25) is 0 Å². The second-order valence-electron chi connectivity index (χ2n) is 4.19. The van der Waals surface area contributed by atoms with Crippen molar-refractivity contribution in [1.29, 1.82) is 0 Å². The van der Waals surface area contributed by atoms with Gasteiger partial charge in [-0.1, -0.05) is 0 Å². The molecule has 2 N–H and O–H groups in total. The van der Waals surface area contributed by atoms with E-state index in [1.165, 1.54) is 20.3 Å². The molecule has 0 aliphatic rings. The van der Waals surface area contributed by atoms with Crippen LogP contribution < -0.4 is 20.1 Å². The molecule has 0 saturated carbocycles. The van der Waals surface area contributed by atoms with Gasteiger partial charge < -0.3 is 24.8 Å². The van der Waals surface area contributed by atoms with E-state index >= 15 is 0 Å². The Bertz CT molecular complexity index is 469. The van der Waals surface area contributed by atoms with Gasteiger partial charge in [0, 0.05) is 32.8 Å². The molecule has 1 rings (SSSR count). The molecule has 0 saturated heterocycles. The number of benzene rings is 1. The second kappa shape index (κ2) is 9.15. The van der Waals surface area contributed by atoms with Gasteiger partial charge in [-0.25, -0.2) is 4.39 Å². The molecule has 6 nitrogen and oxygen atoms in total. The zero-order valence-corrected chi connectivity index (χ0v) is 12.5. The third-order valence-corrected chi connectivity index (χ3v) is 2.79. The molecule has 21 heavy (non-hydrogen) atoms. The van der Waals surface area contributed by atoms with E-state index < -0.39 is 11.7 Å². The molecule has 0 aliphatic heterocycles. The molecule has 0 heterocycles. The van der Waals surface area contributed by atoms with Crippen molar-refractivity contribution in [3.05, 3.63) is 23.5 Å². The summed E-state index contributed by atoms with van der Waals surface area (Å²) in [5.74, 6) is -0.602. The molecule has 0 aromatic heterocycles. The number of hydrogen-bond acceptors (Lipinski definition) is 5. The number of methoxy groups -OCH3 is 3. The van der Waals surface area contributed by atoms with Gasteiger partial charge in [-0.3, -0.25) is 4.79 Å². The Morgan fingerprint density at radius 2 is 1.76 bits per heavy atom. The van der Waals surface area contributed by atoms with Crippen LogP contribution in [0.15, 0.2) is 12.1 Å². The number of carbonyl (C=O) groups is 1. The first-order valence-corrected chi connectivity index (χ1v) is 6.53. The van der Waals surface area contributed by atoms with Crippen LogP contribution >= 0.6 is 0 Å². The molecule has 1 amide bonds. The summed E-state index contributed by atoms with van der Waals surface area (Å²) in [6, 6.07) is 2.45. The molecule has 0 spiro atoms. The zero-order valence-electron chi connectivity index (χ0n) is 12.5. The standard InChI is InChI=1S/C14H21FN2O4/c1-19-7-6-16-4-5-17-14(18)10-8-12(20-2)13(21-3)9-11(10)15/h8-9,16H,4-7H2,1-3H3,(H,17,18). The average Bonchev–Trinajstić information content (AvgIpc) is 2.50. The minimum atomic E-state index is -0.655. The fraction of sp³-hybridized carbons (Fsp3) is 0.500. The predicted molar refractivity (Wildman–Crippen MR) is 76.6 cm³/mol. The van der Waals surface area contributed by atoms with Gasteiger partial charge in [0.15, 0.2) is 11.5 Å². The van der Waals surface area contributed by atoms with Crippen molar-refractivity contribution >= 4 is 5.91 Å².